The van der Waals surface area contributed by atoms with Crippen molar-refractivity contribution >= 4 is 11.9 Å². The molecule has 0 saturated carbocycles. The summed E-state index contributed by atoms with van der Waals surface area (Å²) in [7, 11) is 0. The zero-order valence-corrected chi connectivity index (χ0v) is 11.5. The summed E-state index contributed by atoms with van der Waals surface area (Å²) >= 11 is 0. The van der Waals surface area contributed by atoms with Gasteiger partial charge in [-0.3, -0.25) is 0 Å². The van der Waals surface area contributed by atoms with Crippen LogP contribution >= 0.6 is 0 Å². The molecule has 0 rings (SSSR count). The molecule has 0 saturated heterocycles. The first kappa shape index (κ1) is 24.8. The van der Waals surface area contributed by atoms with Crippen LogP contribution in [0.5, 0.6) is 0 Å². The van der Waals surface area contributed by atoms with Gasteiger partial charge in [-0.05, 0) is 0 Å². The monoisotopic (exact) mass is 268 g/mol. The first-order valence-electron chi connectivity index (χ1n) is 2.81. The van der Waals surface area contributed by atoms with Crippen LogP contribution < -0.4 is 62.6 Å². The average Bonchev–Trinajstić information content (AvgIpc) is 2.00. The molecule has 0 spiro atoms. The molecule has 0 aliphatic carbocycles. The number of aliphatic hydroxyl groups is 2. The fourth-order valence-corrected chi connectivity index (χ4v) is 0.264. The Kier molecular flexibility index (Phi) is 19.7. The molecule has 16 heavy (non-hydrogen) atoms. The van der Waals surface area contributed by atoms with E-state index in [9.17, 15) is 14.7 Å². The van der Waals surface area contributed by atoms with Crippen LogP contribution in [0.3, 0.4) is 0 Å². The van der Waals surface area contributed by atoms with Crippen LogP contribution in [0.25, 0.3) is 0 Å². The zero-order valence-electron chi connectivity index (χ0n) is 8.39. The van der Waals surface area contributed by atoms with Crippen molar-refractivity contribution in [1.29, 1.82) is 0 Å². The summed E-state index contributed by atoms with van der Waals surface area (Å²) in [5.41, 5.74) is 0. The van der Waals surface area contributed by atoms with Gasteiger partial charge in [0.2, 0.25) is 0 Å². The summed E-state index contributed by atoms with van der Waals surface area (Å²) in [5.74, 6) is -3.83. The van der Waals surface area contributed by atoms with Crippen LogP contribution in [0.2, 0.25) is 0 Å². The Labute approximate surface area is 131 Å². The van der Waals surface area contributed by atoms with Crippen molar-refractivity contribution in [2.45, 2.75) is 12.2 Å². The molecule has 0 heterocycles. The van der Waals surface area contributed by atoms with E-state index in [4.69, 9.17) is 30.6 Å². The van der Waals surface area contributed by atoms with Gasteiger partial charge < -0.3 is 46.7 Å². The van der Waals surface area contributed by atoms with Crippen molar-refractivity contribution in [1.82, 2.24) is 6.15 Å². The first-order chi connectivity index (χ1) is 6.20. The molecule has 0 aromatic heterocycles. The Morgan fingerprint density at radius 3 is 1.44 bits per heavy atom. The minimum absolute atomic E-state index is 0. The second-order valence-electron chi connectivity index (χ2n) is 1.77. The summed E-state index contributed by atoms with van der Waals surface area (Å²) in [5, 5.41) is 48.9. The van der Waals surface area contributed by atoms with E-state index in [1.807, 2.05) is 0 Å². The molecule has 11 nitrogen and oxygen atoms in total. The van der Waals surface area contributed by atoms with E-state index in [2.05, 4.69) is 0 Å². The molecule has 0 aliphatic rings. The average molecular weight is 268 g/mol. The summed E-state index contributed by atoms with van der Waals surface area (Å²) in [4.78, 5) is 27.7. The van der Waals surface area contributed by atoms with Crippen LogP contribution in [0.1, 0.15) is 0 Å². The maximum Gasteiger partial charge on any atom is 1.00 e. The minimum Gasteiger partial charge on any atom is -0.547 e. The number of hydrogen-bond donors (Lipinski definition) is 4. The summed E-state index contributed by atoms with van der Waals surface area (Å²) in [6, 6.07) is 0. The van der Waals surface area contributed by atoms with Crippen molar-refractivity contribution in [3.63, 3.8) is 0 Å². The second kappa shape index (κ2) is 12.7. The van der Waals surface area contributed by atoms with Gasteiger partial charge in [0.05, 0.1) is 11.1 Å². The largest absolute Gasteiger partial charge is 1.00 e. The third kappa shape index (κ3) is 16.1. The molecule has 0 amide bonds. The molecular formula is C4H9KN2O9. The van der Waals surface area contributed by atoms with Gasteiger partial charge in [0.1, 0.15) is 6.10 Å². The molecule has 12 heteroatoms. The third-order valence-electron chi connectivity index (χ3n) is 0.794. The predicted octanol–water partition coefficient (Wildman–Crippen LogP) is -6.32. The quantitative estimate of drug-likeness (QED) is 0.216. The topological polar surface area (TPSA) is 221 Å². The number of nitrogens with zero attached hydrogens (tertiary/aromatic N) is 1. The van der Waals surface area contributed by atoms with E-state index in [0.29, 0.717) is 0 Å². The molecule has 0 aliphatic heterocycles. The minimum atomic E-state index is -2.38. The molecule has 2 atom stereocenters. The molecule has 0 aromatic rings. The number of rotatable bonds is 3. The van der Waals surface area contributed by atoms with Crippen LogP contribution in [0.15, 0.2) is 0 Å². The second-order valence-corrected chi connectivity index (χ2v) is 1.77. The van der Waals surface area contributed by atoms with Gasteiger partial charge >= 0.3 is 57.4 Å². The van der Waals surface area contributed by atoms with Crippen molar-refractivity contribution < 1.29 is 86.5 Å². The Morgan fingerprint density at radius 2 is 1.38 bits per heavy atom. The smallest absolute Gasteiger partial charge is 0.547 e. The van der Waals surface area contributed by atoms with Crippen molar-refractivity contribution in [3.8, 4) is 0 Å². The van der Waals surface area contributed by atoms with Crippen LogP contribution in [0.4, 0.5) is 0 Å². The molecule has 0 aromatic carbocycles. The van der Waals surface area contributed by atoms with Gasteiger partial charge in [0, 0.05) is 0 Å². The maximum atomic E-state index is 9.74. The molecule has 90 valence electrons. The maximum absolute atomic E-state index is 9.74. The third-order valence-corrected chi connectivity index (χ3v) is 0.794. The molecule has 2 unspecified atom stereocenters. The Balaban J connectivity index is -0.000000105. The Morgan fingerprint density at radius 1 is 1.12 bits per heavy atom. The molecule has 7 N–H and O–H groups in total. The standard InChI is InChI=1S/C4H6O6.K.NO3.H3N/c5-1(3(7)8)2(6)4(9)10;;2-1(3)4;/h1-2,5-6H,(H,7,8)(H,9,10);;;1H3/q;+1;-1;. The molecular weight excluding hydrogens is 259 g/mol. The van der Waals surface area contributed by atoms with Crippen LogP contribution in [0, 0.1) is 15.3 Å². The van der Waals surface area contributed by atoms with E-state index < -0.39 is 29.2 Å². The number of aliphatic carboxylic acids is 2. The number of carboxylic acids is 2. The van der Waals surface area contributed by atoms with E-state index in [1.54, 1.807) is 0 Å². The van der Waals surface area contributed by atoms with Gasteiger partial charge in [-0.15, -0.1) is 0 Å². The molecule has 0 bridgehead atoms. The first-order valence-corrected chi connectivity index (χ1v) is 2.81. The van der Waals surface area contributed by atoms with Crippen molar-refractivity contribution in [2.75, 3.05) is 0 Å². The summed E-state index contributed by atoms with van der Waals surface area (Å²) in [6.45, 7) is 0. The Bertz CT molecular complexity index is 212. The number of aliphatic hydroxyl groups excluding tert-OH is 2. The van der Waals surface area contributed by atoms with Gasteiger partial charge in [0.25, 0.3) is 0 Å². The zero-order chi connectivity index (χ0) is 11.9. The summed E-state index contributed by atoms with van der Waals surface area (Å²) in [6.07, 6.45) is -4.71. The number of hydrogen-bond acceptors (Lipinski definition) is 8. The van der Waals surface area contributed by atoms with E-state index >= 15 is 0 Å². The number of quaternary nitrogens is 1. The Hall–Kier alpha value is -0.344. The van der Waals surface area contributed by atoms with E-state index in [1.165, 1.54) is 0 Å². The summed E-state index contributed by atoms with van der Waals surface area (Å²) < 4.78 is 0. The van der Waals surface area contributed by atoms with Gasteiger partial charge in [-0.2, -0.15) is 0 Å². The van der Waals surface area contributed by atoms with Gasteiger partial charge in [-0.1, -0.05) is 0 Å². The normalized spacial score (nSPS) is 11.4. The number of carbonyl (C=O) groups excluding carboxylic acids is 1. The predicted molar refractivity (Wildman–Crippen MR) is 41.0 cm³/mol. The van der Waals surface area contributed by atoms with Crippen LogP contribution in [-0.4, -0.2) is 44.6 Å². The number of carbonyl (C=O) groups is 2. The van der Waals surface area contributed by atoms with E-state index in [-0.39, 0.29) is 57.5 Å². The molecule has 0 fully saturated rings. The van der Waals surface area contributed by atoms with Crippen LogP contribution in [-0.2, 0) is 9.59 Å². The number of carboxylic acid groups (broad SMARTS) is 2. The van der Waals surface area contributed by atoms with E-state index in [0.717, 1.165) is 0 Å². The fraction of sp³-hybridized carbons (Fsp3) is 0.500. The van der Waals surface area contributed by atoms with Gasteiger partial charge in [0.15, 0.2) is 6.10 Å². The van der Waals surface area contributed by atoms with Gasteiger partial charge in [-0.25, -0.2) is 4.79 Å². The van der Waals surface area contributed by atoms with Crippen molar-refractivity contribution in [3.05, 3.63) is 15.3 Å². The molecule has 0 radical (unpaired) electrons. The SMILES string of the molecule is O=C([O-])C(O)C(O)C(=O)O.O=[N+]([O-])[O-].[K+].[NH4+]. The van der Waals surface area contributed by atoms with Crippen molar-refractivity contribution in [2.24, 2.45) is 0 Å². The fourth-order valence-electron chi connectivity index (χ4n) is 0.264.